The Kier molecular flexibility index (Phi) is 5.63. The Morgan fingerprint density at radius 1 is 1.14 bits per heavy atom. The summed E-state index contributed by atoms with van der Waals surface area (Å²) >= 11 is 2.15. The first-order valence-corrected chi connectivity index (χ1v) is 9.83. The highest BCUT2D eigenvalue weighted by Crippen LogP contribution is 2.45. The Labute approximate surface area is 141 Å². The largest absolute Gasteiger partial charge is 0.258 e. The molecule has 0 aromatic carbocycles. The molecule has 124 valence electrons. The molecule has 2 rings (SSSR count). The predicted octanol–water partition coefficient (Wildman–Crippen LogP) is 6.27. The summed E-state index contributed by atoms with van der Waals surface area (Å²) in [4.78, 5) is 5.03. The van der Waals surface area contributed by atoms with Gasteiger partial charge in [0.25, 0.3) is 0 Å². The maximum atomic E-state index is 5.03. The van der Waals surface area contributed by atoms with Crippen LogP contribution in [0.3, 0.4) is 0 Å². The molecule has 2 heterocycles. The van der Waals surface area contributed by atoms with E-state index in [1.807, 2.05) is 0 Å². The number of aromatic nitrogens is 1. The van der Waals surface area contributed by atoms with Crippen LogP contribution in [0, 0.1) is 12.8 Å². The normalized spacial score (nSPS) is 29.4. The molecule has 1 nitrogen and oxygen atoms in total. The van der Waals surface area contributed by atoms with Gasteiger partial charge in [-0.1, -0.05) is 48.5 Å². The van der Waals surface area contributed by atoms with Crippen LogP contribution in [0.1, 0.15) is 95.2 Å². The monoisotopic (exact) mass is 319 g/mol. The molecule has 0 aliphatic carbocycles. The summed E-state index contributed by atoms with van der Waals surface area (Å²) in [5.74, 6) is 2.41. The molecule has 2 heteroatoms. The molecule has 1 aromatic rings. The van der Waals surface area contributed by atoms with Crippen molar-refractivity contribution in [2.75, 3.05) is 0 Å². The lowest BCUT2D eigenvalue weighted by atomic mass is 9.77. The number of pyridine rings is 1. The minimum atomic E-state index is 0.529. The van der Waals surface area contributed by atoms with E-state index in [0.29, 0.717) is 28.9 Å². The molecule has 0 amide bonds. The third-order valence-electron chi connectivity index (χ3n) is 5.21. The molecule has 0 saturated carbocycles. The maximum Gasteiger partial charge on any atom is 0.0483 e. The van der Waals surface area contributed by atoms with E-state index < -0.39 is 0 Å². The Morgan fingerprint density at radius 3 is 2.32 bits per heavy atom. The lowest BCUT2D eigenvalue weighted by Gasteiger charge is -2.36. The first-order valence-electron chi connectivity index (χ1n) is 8.89. The molecule has 0 saturated heterocycles. The quantitative estimate of drug-likeness (QED) is 0.637. The second-order valence-corrected chi connectivity index (χ2v) is 9.65. The van der Waals surface area contributed by atoms with Crippen molar-refractivity contribution in [1.29, 1.82) is 0 Å². The van der Waals surface area contributed by atoms with Crippen molar-refractivity contribution < 1.29 is 0 Å². The standard InChI is InChI=1S/C20H33NS/c1-11(2)17-9-13(5)21-20-15(7)16(8)22-14(6)10-18(12(3)4)19(17)20/h9,11-12,14-16,18H,10H2,1-8H3/t14-,15-,16+,18?/m1/s1. The topological polar surface area (TPSA) is 12.9 Å². The number of hydrogen-bond acceptors (Lipinski definition) is 2. The molecule has 1 aliphatic heterocycles. The van der Waals surface area contributed by atoms with Gasteiger partial charge >= 0.3 is 0 Å². The summed E-state index contributed by atoms with van der Waals surface area (Å²) in [7, 11) is 0. The summed E-state index contributed by atoms with van der Waals surface area (Å²) in [5.41, 5.74) is 5.69. The van der Waals surface area contributed by atoms with Crippen molar-refractivity contribution in [2.45, 2.75) is 90.1 Å². The Morgan fingerprint density at radius 2 is 1.77 bits per heavy atom. The lowest BCUT2D eigenvalue weighted by Crippen LogP contribution is -2.26. The summed E-state index contributed by atoms with van der Waals surface area (Å²) in [5, 5.41) is 1.36. The van der Waals surface area contributed by atoms with Crippen molar-refractivity contribution in [3.8, 4) is 0 Å². The van der Waals surface area contributed by atoms with Crippen LogP contribution in [-0.2, 0) is 0 Å². The smallest absolute Gasteiger partial charge is 0.0483 e. The SMILES string of the molecule is Cc1cc(C(C)C)c2c(n1)[C@H](C)[C@H](C)S[C@H](C)CC2C(C)C. The second kappa shape index (κ2) is 6.95. The fraction of sp³-hybridized carbons (Fsp3) is 0.750. The van der Waals surface area contributed by atoms with Crippen LogP contribution >= 0.6 is 11.8 Å². The number of aryl methyl sites for hydroxylation is 1. The molecule has 1 unspecified atom stereocenters. The average Bonchev–Trinajstić information content (AvgIpc) is 2.42. The highest BCUT2D eigenvalue weighted by atomic mass is 32.2. The minimum absolute atomic E-state index is 0.529. The van der Waals surface area contributed by atoms with Gasteiger partial charge in [0.15, 0.2) is 0 Å². The zero-order valence-corrected chi connectivity index (χ0v) is 16.4. The second-order valence-electron chi connectivity index (χ2n) is 7.83. The Hall–Kier alpha value is -0.500. The first-order chi connectivity index (χ1) is 10.2. The third kappa shape index (κ3) is 3.53. The van der Waals surface area contributed by atoms with Gasteiger partial charge in [-0.15, -0.1) is 0 Å². The zero-order valence-electron chi connectivity index (χ0n) is 15.6. The highest BCUT2D eigenvalue weighted by Gasteiger charge is 2.33. The summed E-state index contributed by atoms with van der Waals surface area (Å²) in [6, 6.07) is 2.34. The molecule has 0 radical (unpaired) electrons. The first kappa shape index (κ1) is 17.8. The molecular formula is C20H33NS. The maximum absolute atomic E-state index is 5.03. The van der Waals surface area contributed by atoms with Crippen LogP contribution in [0.5, 0.6) is 0 Å². The Balaban J connectivity index is 2.70. The fourth-order valence-corrected chi connectivity index (χ4v) is 5.22. The predicted molar refractivity (Wildman–Crippen MR) is 100 cm³/mol. The van der Waals surface area contributed by atoms with Gasteiger partial charge < -0.3 is 0 Å². The zero-order chi connectivity index (χ0) is 16.6. The lowest BCUT2D eigenvalue weighted by molar-refractivity contribution is 0.450. The number of thioether (sulfide) groups is 1. The molecule has 1 aliphatic rings. The van der Waals surface area contributed by atoms with Gasteiger partial charge in [-0.05, 0) is 48.3 Å². The molecule has 0 bridgehead atoms. The van der Waals surface area contributed by atoms with Crippen molar-refractivity contribution in [3.63, 3.8) is 0 Å². The van der Waals surface area contributed by atoms with E-state index in [4.69, 9.17) is 4.98 Å². The van der Waals surface area contributed by atoms with Crippen LogP contribution in [0.2, 0.25) is 0 Å². The van der Waals surface area contributed by atoms with E-state index >= 15 is 0 Å². The molecular weight excluding hydrogens is 286 g/mol. The Bertz CT molecular complexity index is 521. The molecule has 22 heavy (non-hydrogen) atoms. The van der Waals surface area contributed by atoms with Crippen molar-refractivity contribution in [2.24, 2.45) is 5.92 Å². The van der Waals surface area contributed by atoms with E-state index in [-0.39, 0.29) is 0 Å². The summed E-state index contributed by atoms with van der Waals surface area (Å²) in [6.45, 7) is 18.7. The van der Waals surface area contributed by atoms with Crippen LogP contribution in [-0.4, -0.2) is 15.5 Å². The molecule has 0 fully saturated rings. The van der Waals surface area contributed by atoms with Gasteiger partial charge in [0, 0.05) is 27.8 Å². The van der Waals surface area contributed by atoms with Gasteiger partial charge in [0.1, 0.15) is 0 Å². The number of rotatable bonds is 2. The van der Waals surface area contributed by atoms with E-state index in [9.17, 15) is 0 Å². The van der Waals surface area contributed by atoms with E-state index in [0.717, 1.165) is 5.25 Å². The van der Waals surface area contributed by atoms with Crippen LogP contribution in [0.4, 0.5) is 0 Å². The fourth-order valence-electron chi connectivity index (χ4n) is 3.81. The van der Waals surface area contributed by atoms with E-state index in [2.05, 4.69) is 73.2 Å². The number of fused-ring (bicyclic) bond motifs is 1. The van der Waals surface area contributed by atoms with Gasteiger partial charge in [-0.25, -0.2) is 0 Å². The molecule has 4 atom stereocenters. The van der Waals surface area contributed by atoms with Crippen LogP contribution < -0.4 is 0 Å². The van der Waals surface area contributed by atoms with Gasteiger partial charge in [-0.3, -0.25) is 4.98 Å². The molecule has 0 spiro atoms. The van der Waals surface area contributed by atoms with Gasteiger partial charge in [0.05, 0.1) is 0 Å². The minimum Gasteiger partial charge on any atom is -0.258 e. The van der Waals surface area contributed by atoms with Crippen molar-refractivity contribution in [1.82, 2.24) is 4.98 Å². The molecule has 1 aromatic heterocycles. The van der Waals surface area contributed by atoms with Crippen LogP contribution in [0.15, 0.2) is 6.07 Å². The van der Waals surface area contributed by atoms with Crippen molar-refractivity contribution >= 4 is 11.8 Å². The van der Waals surface area contributed by atoms with Gasteiger partial charge in [0.2, 0.25) is 0 Å². The highest BCUT2D eigenvalue weighted by molar-refractivity contribution is 8.00. The van der Waals surface area contributed by atoms with Crippen LogP contribution in [0.25, 0.3) is 0 Å². The van der Waals surface area contributed by atoms with Crippen molar-refractivity contribution in [3.05, 3.63) is 28.6 Å². The van der Waals surface area contributed by atoms with E-state index in [1.165, 1.54) is 17.8 Å². The number of nitrogens with zero attached hydrogens (tertiary/aromatic N) is 1. The molecule has 0 N–H and O–H groups in total. The van der Waals surface area contributed by atoms with Gasteiger partial charge in [-0.2, -0.15) is 11.8 Å². The van der Waals surface area contributed by atoms with E-state index in [1.54, 1.807) is 11.1 Å². The third-order valence-corrected chi connectivity index (χ3v) is 6.71. The summed E-state index contributed by atoms with van der Waals surface area (Å²) in [6.07, 6.45) is 1.27. The number of hydrogen-bond donors (Lipinski definition) is 0. The average molecular weight is 320 g/mol. The summed E-state index contributed by atoms with van der Waals surface area (Å²) < 4.78 is 0.